The molecule has 2 rings (SSSR count). The molecular formula is C13H16N4O2. The van der Waals surface area contributed by atoms with E-state index in [2.05, 4.69) is 15.3 Å². The van der Waals surface area contributed by atoms with Crippen LogP contribution < -0.4 is 15.8 Å². The van der Waals surface area contributed by atoms with Crippen LogP contribution in [-0.2, 0) is 11.3 Å². The number of aryl methyl sites for hydroxylation is 1. The molecule has 0 saturated carbocycles. The van der Waals surface area contributed by atoms with E-state index in [0.717, 1.165) is 17.1 Å². The van der Waals surface area contributed by atoms with Gasteiger partial charge >= 0.3 is 0 Å². The number of anilines is 1. The summed E-state index contributed by atoms with van der Waals surface area (Å²) in [6, 6.07) is 7.34. The molecule has 2 aromatic rings. The van der Waals surface area contributed by atoms with Crippen LogP contribution in [0.5, 0.6) is 5.75 Å². The van der Waals surface area contributed by atoms with Gasteiger partial charge in [-0.25, -0.2) is 4.98 Å². The van der Waals surface area contributed by atoms with Crippen molar-refractivity contribution in [1.82, 2.24) is 9.97 Å². The number of H-pyrrole nitrogens is 1. The molecule has 0 spiro atoms. The molecular weight excluding hydrogens is 244 g/mol. The van der Waals surface area contributed by atoms with Crippen LogP contribution in [0.1, 0.15) is 11.4 Å². The highest BCUT2D eigenvalue weighted by Crippen LogP contribution is 2.18. The maximum absolute atomic E-state index is 10.6. The van der Waals surface area contributed by atoms with Gasteiger partial charge in [0.25, 0.3) is 5.91 Å². The lowest BCUT2D eigenvalue weighted by molar-refractivity contribution is -0.119. The Morgan fingerprint density at radius 3 is 3.05 bits per heavy atom. The van der Waals surface area contributed by atoms with Crippen LogP contribution in [-0.4, -0.2) is 22.5 Å². The maximum atomic E-state index is 10.6. The normalized spacial score (nSPS) is 10.2. The molecule has 0 aliphatic heterocycles. The summed E-state index contributed by atoms with van der Waals surface area (Å²) in [4.78, 5) is 17.9. The number of nitrogens with one attached hydrogen (secondary N) is 2. The largest absolute Gasteiger partial charge is 0.484 e. The molecule has 1 heterocycles. The lowest BCUT2D eigenvalue weighted by Gasteiger charge is -2.08. The van der Waals surface area contributed by atoms with E-state index in [9.17, 15) is 4.79 Å². The summed E-state index contributed by atoms with van der Waals surface area (Å²) in [7, 11) is 0. The molecule has 0 aliphatic rings. The summed E-state index contributed by atoms with van der Waals surface area (Å²) in [6.07, 6.45) is 1.67. The number of carbonyl (C=O) groups is 1. The molecule has 1 aromatic carbocycles. The second-order valence-electron chi connectivity index (χ2n) is 4.11. The average Bonchev–Trinajstić information content (AvgIpc) is 2.80. The molecule has 0 saturated heterocycles. The van der Waals surface area contributed by atoms with Crippen molar-refractivity contribution in [2.45, 2.75) is 13.5 Å². The average molecular weight is 260 g/mol. The number of ether oxygens (including phenoxy) is 1. The molecule has 100 valence electrons. The number of benzene rings is 1. The van der Waals surface area contributed by atoms with E-state index in [0.29, 0.717) is 12.3 Å². The highest BCUT2D eigenvalue weighted by atomic mass is 16.5. The zero-order valence-corrected chi connectivity index (χ0v) is 10.6. The van der Waals surface area contributed by atoms with Crippen LogP contribution in [0, 0.1) is 6.92 Å². The van der Waals surface area contributed by atoms with Gasteiger partial charge in [-0.1, -0.05) is 6.07 Å². The van der Waals surface area contributed by atoms with Crippen LogP contribution >= 0.6 is 0 Å². The molecule has 0 unspecified atom stereocenters. The first-order valence-electron chi connectivity index (χ1n) is 5.89. The Kier molecular flexibility index (Phi) is 4.02. The second-order valence-corrected chi connectivity index (χ2v) is 4.11. The zero-order chi connectivity index (χ0) is 13.7. The van der Waals surface area contributed by atoms with Crippen molar-refractivity contribution in [1.29, 1.82) is 0 Å². The summed E-state index contributed by atoms with van der Waals surface area (Å²) in [5.41, 5.74) is 7.92. The van der Waals surface area contributed by atoms with E-state index < -0.39 is 5.91 Å². The number of amides is 1. The maximum Gasteiger partial charge on any atom is 0.255 e. The van der Waals surface area contributed by atoms with E-state index in [1.165, 1.54) is 0 Å². The van der Waals surface area contributed by atoms with E-state index in [1.54, 1.807) is 12.4 Å². The number of hydrogen-bond donors (Lipinski definition) is 3. The van der Waals surface area contributed by atoms with Crippen LogP contribution in [0.15, 0.2) is 30.6 Å². The smallest absolute Gasteiger partial charge is 0.255 e. The fourth-order valence-electron chi connectivity index (χ4n) is 1.60. The van der Waals surface area contributed by atoms with Gasteiger partial charge in [0.05, 0.1) is 18.6 Å². The van der Waals surface area contributed by atoms with Crippen molar-refractivity contribution in [2.75, 3.05) is 11.9 Å². The Morgan fingerprint density at radius 1 is 1.53 bits per heavy atom. The number of carbonyl (C=O) groups excluding carboxylic acids is 1. The summed E-state index contributed by atoms with van der Waals surface area (Å²) < 4.78 is 5.23. The molecule has 4 N–H and O–H groups in total. The first kappa shape index (κ1) is 12.9. The molecule has 0 fully saturated rings. The monoisotopic (exact) mass is 260 g/mol. The standard InChI is InChI=1S/C13H16N4O2/c1-9-12(17-8-16-9)6-15-10-3-2-4-11(5-10)19-7-13(14)18/h2-5,8,15H,6-7H2,1H3,(H2,14,18)(H,16,17). The molecule has 0 aliphatic carbocycles. The van der Waals surface area contributed by atoms with Gasteiger partial charge in [-0.3, -0.25) is 4.79 Å². The quantitative estimate of drug-likeness (QED) is 0.727. The number of primary amides is 1. The zero-order valence-electron chi connectivity index (χ0n) is 10.6. The summed E-state index contributed by atoms with van der Waals surface area (Å²) in [5, 5.41) is 3.24. The molecule has 1 amide bonds. The van der Waals surface area contributed by atoms with Crippen LogP contribution in [0.4, 0.5) is 5.69 Å². The fourth-order valence-corrected chi connectivity index (χ4v) is 1.60. The van der Waals surface area contributed by atoms with Crippen molar-refractivity contribution in [3.63, 3.8) is 0 Å². The minimum atomic E-state index is -0.495. The number of hydrogen-bond acceptors (Lipinski definition) is 4. The highest BCUT2D eigenvalue weighted by molar-refractivity contribution is 5.75. The van der Waals surface area contributed by atoms with Gasteiger partial charge in [0.1, 0.15) is 5.75 Å². The lowest BCUT2D eigenvalue weighted by Crippen LogP contribution is -2.20. The SMILES string of the molecule is Cc1[nH]cnc1CNc1cccc(OCC(N)=O)c1. The number of rotatable bonds is 6. The Labute approximate surface area is 111 Å². The van der Waals surface area contributed by atoms with Gasteiger partial charge < -0.3 is 20.8 Å². The molecule has 1 aromatic heterocycles. The van der Waals surface area contributed by atoms with Gasteiger partial charge in [-0.15, -0.1) is 0 Å². The predicted molar refractivity (Wildman–Crippen MR) is 71.8 cm³/mol. The lowest BCUT2D eigenvalue weighted by atomic mass is 10.3. The number of nitrogens with zero attached hydrogens (tertiary/aromatic N) is 1. The van der Waals surface area contributed by atoms with Crippen molar-refractivity contribution in [2.24, 2.45) is 5.73 Å². The Bertz CT molecular complexity index is 565. The first-order valence-corrected chi connectivity index (χ1v) is 5.89. The third kappa shape index (κ3) is 3.74. The Balaban J connectivity index is 1.95. The van der Waals surface area contributed by atoms with Crippen molar-refractivity contribution >= 4 is 11.6 Å². The predicted octanol–water partition coefficient (Wildman–Crippen LogP) is 1.19. The molecule has 0 atom stereocenters. The number of aromatic amines is 1. The topological polar surface area (TPSA) is 93.0 Å². The number of imidazole rings is 1. The molecule has 6 nitrogen and oxygen atoms in total. The van der Waals surface area contributed by atoms with E-state index >= 15 is 0 Å². The van der Waals surface area contributed by atoms with Gasteiger partial charge in [-0.05, 0) is 19.1 Å². The molecule has 0 bridgehead atoms. The Hall–Kier alpha value is -2.50. The highest BCUT2D eigenvalue weighted by Gasteiger charge is 2.02. The fraction of sp³-hybridized carbons (Fsp3) is 0.231. The van der Waals surface area contributed by atoms with Crippen molar-refractivity contribution in [3.05, 3.63) is 42.0 Å². The second kappa shape index (κ2) is 5.90. The van der Waals surface area contributed by atoms with Crippen molar-refractivity contribution in [3.8, 4) is 5.75 Å². The van der Waals surface area contributed by atoms with E-state index in [1.807, 2.05) is 25.1 Å². The van der Waals surface area contributed by atoms with Gasteiger partial charge in [0.15, 0.2) is 6.61 Å². The number of aromatic nitrogens is 2. The van der Waals surface area contributed by atoms with Gasteiger partial charge in [0.2, 0.25) is 0 Å². The summed E-state index contributed by atoms with van der Waals surface area (Å²) in [5.74, 6) is 0.105. The van der Waals surface area contributed by atoms with Gasteiger partial charge in [0, 0.05) is 17.4 Å². The third-order valence-electron chi connectivity index (χ3n) is 2.61. The van der Waals surface area contributed by atoms with Crippen LogP contribution in [0.3, 0.4) is 0 Å². The minimum Gasteiger partial charge on any atom is -0.484 e. The first-order chi connectivity index (χ1) is 9.15. The van der Waals surface area contributed by atoms with E-state index in [4.69, 9.17) is 10.5 Å². The van der Waals surface area contributed by atoms with Crippen LogP contribution in [0.25, 0.3) is 0 Å². The Morgan fingerprint density at radius 2 is 2.37 bits per heavy atom. The molecule has 6 heteroatoms. The third-order valence-corrected chi connectivity index (χ3v) is 2.61. The number of nitrogens with two attached hydrogens (primary N) is 1. The van der Waals surface area contributed by atoms with E-state index in [-0.39, 0.29) is 6.61 Å². The molecule has 0 radical (unpaired) electrons. The molecule has 19 heavy (non-hydrogen) atoms. The van der Waals surface area contributed by atoms with Gasteiger partial charge in [-0.2, -0.15) is 0 Å². The van der Waals surface area contributed by atoms with Crippen molar-refractivity contribution < 1.29 is 9.53 Å². The summed E-state index contributed by atoms with van der Waals surface area (Å²) in [6.45, 7) is 2.47. The van der Waals surface area contributed by atoms with Crippen LogP contribution in [0.2, 0.25) is 0 Å². The summed E-state index contributed by atoms with van der Waals surface area (Å²) >= 11 is 0. The minimum absolute atomic E-state index is 0.123.